The SMILES string of the molecule is Cn1nccc1-c1cc(Br)nc(C2CC2)n1. The van der Waals surface area contributed by atoms with Crippen molar-refractivity contribution in [3.63, 3.8) is 0 Å². The van der Waals surface area contributed by atoms with Crippen LogP contribution in [0.15, 0.2) is 22.9 Å². The van der Waals surface area contributed by atoms with Gasteiger partial charge in [0.1, 0.15) is 10.4 Å². The standard InChI is InChI=1S/C11H11BrN4/c1-16-9(4-5-13-16)8-6-10(12)15-11(14-8)7-2-3-7/h4-7H,2-3H2,1H3. The maximum absolute atomic E-state index is 4.60. The average Bonchev–Trinajstić information content (AvgIpc) is 3.01. The van der Waals surface area contributed by atoms with Gasteiger partial charge in [-0.25, -0.2) is 9.97 Å². The van der Waals surface area contributed by atoms with Crippen LogP contribution in [0.2, 0.25) is 0 Å². The van der Waals surface area contributed by atoms with Gasteiger partial charge >= 0.3 is 0 Å². The Balaban J connectivity index is 2.10. The molecule has 0 unspecified atom stereocenters. The fourth-order valence-electron chi connectivity index (χ4n) is 1.72. The highest BCUT2D eigenvalue weighted by molar-refractivity contribution is 9.10. The molecule has 1 aliphatic carbocycles. The van der Waals surface area contributed by atoms with Crippen LogP contribution in [-0.4, -0.2) is 19.7 Å². The summed E-state index contributed by atoms with van der Waals surface area (Å²) in [5, 5.41) is 4.15. The largest absolute Gasteiger partial charge is 0.266 e. The third kappa shape index (κ3) is 1.75. The zero-order chi connectivity index (χ0) is 11.1. The Morgan fingerprint density at radius 3 is 2.81 bits per heavy atom. The molecule has 2 heterocycles. The number of rotatable bonds is 2. The normalized spacial score (nSPS) is 15.4. The van der Waals surface area contributed by atoms with E-state index in [-0.39, 0.29) is 0 Å². The van der Waals surface area contributed by atoms with Crippen molar-refractivity contribution in [3.8, 4) is 11.4 Å². The monoisotopic (exact) mass is 278 g/mol. The number of aromatic nitrogens is 4. The van der Waals surface area contributed by atoms with E-state index in [9.17, 15) is 0 Å². The van der Waals surface area contributed by atoms with Gasteiger partial charge in [-0.05, 0) is 40.9 Å². The lowest BCUT2D eigenvalue weighted by Gasteiger charge is -2.04. The van der Waals surface area contributed by atoms with E-state index in [1.54, 1.807) is 6.20 Å². The van der Waals surface area contributed by atoms with E-state index in [1.807, 2.05) is 23.9 Å². The molecule has 1 saturated carbocycles. The lowest BCUT2D eigenvalue weighted by Crippen LogP contribution is -1.99. The van der Waals surface area contributed by atoms with Gasteiger partial charge < -0.3 is 0 Å². The zero-order valence-electron chi connectivity index (χ0n) is 8.89. The first kappa shape index (κ1) is 9.96. The van der Waals surface area contributed by atoms with Gasteiger partial charge in [0.15, 0.2) is 0 Å². The molecule has 1 aliphatic rings. The summed E-state index contributed by atoms with van der Waals surface area (Å²) in [5.74, 6) is 1.51. The highest BCUT2D eigenvalue weighted by Gasteiger charge is 2.27. The molecule has 82 valence electrons. The van der Waals surface area contributed by atoms with E-state index >= 15 is 0 Å². The molecule has 2 aromatic rings. The lowest BCUT2D eigenvalue weighted by molar-refractivity contribution is 0.770. The molecule has 0 saturated heterocycles. The van der Waals surface area contributed by atoms with Gasteiger partial charge in [0.25, 0.3) is 0 Å². The molecule has 0 atom stereocenters. The maximum atomic E-state index is 4.60. The molecule has 0 amide bonds. The van der Waals surface area contributed by atoms with E-state index in [0.717, 1.165) is 21.8 Å². The molecule has 0 aliphatic heterocycles. The molecule has 2 aromatic heterocycles. The minimum absolute atomic E-state index is 0.560. The summed E-state index contributed by atoms with van der Waals surface area (Å²) < 4.78 is 2.67. The highest BCUT2D eigenvalue weighted by atomic mass is 79.9. The molecule has 0 bridgehead atoms. The van der Waals surface area contributed by atoms with Crippen LogP contribution >= 0.6 is 15.9 Å². The van der Waals surface area contributed by atoms with Gasteiger partial charge in [0.05, 0.1) is 11.4 Å². The fraction of sp³-hybridized carbons (Fsp3) is 0.364. The van der Waals surface area contributed by atoms with E-state index in [4.69, 9.17) is 0 Å². The number of nitrogens with zero attached hydrogens (tertiary/aromatic N) is 4. The van der Waals surface area contributed by atoms with Crippen LogP contribution in [0.4, 0.5) is 0 Å². The van der Waals surface area contributed by atoms with Crippen molar-refractivity contribution >= 4 is 15.9 Å². The van der Waals surface area contributed by atoms with Gasteiger partial charge in [-0.15, -0.1) is 0 Å². The van der Waals surface area contributed by atoms with E-state index in [0.29, 0.717) is 5.92 Å². The van der Waals surface area contributed by atoms with Gasteiger partial charge in [-0.1, -0.05) is 0 Å². The molecular weight excluding hydrogens is 268 g/mol. The van der Waals surface area contributed by atoms with Crippen molar-refractivity contribution in [1.82, 2.24) is 19.7 Å². The zero-order valence-corrected chi connectivity index (χ0v) is 10.5. The smallest absolute Gasteiger partial charge is 0.133 e. The summed E-state index contributed by atoms with van der Waals surface area (Å²) >= 11 is 3.44. The summed E-state index contributed by atoms with van der Waals surface area (Å²) in [4.78, 5) is 9.01. The molecule has 1 fully saturated rings. The maximum Gasteiger partial charge on any atom is 0.133 e. The van der Waals surface area contributed by atoms with E-state index < -0.39 is 0 Å². The molecule has 5 heteroatoms. The minimum atomic E-state index is 0.560. The van der Waals surface area contributed by atoms with Crippen LogP contribution in [0.3, 0.4) is 0 Å². The topological polar surface area (TPSA) is 43.6 Å². The van der Waals surface area contributed by atoms with Gasteiger partial charge in [-0.2, -0.15) is 5.10 Å². The Morgan fingerprint density at radius 2 is 2.19 bits per heavy atom. The van der Waals surface area contributed by atoms with Gasteiger partial charge in [-0.3, -0.25) is 4.68 Å². The third-order valence-electron chi connectivity index (χ3n) is 2.74. The van der Waals surface area contributed by atoms with E-state index in [2.05, 4.69) is 31.0 Å². The first-order chi connectivity index (χ1) is 7.74. The van der Waals surface area contributed by atoms with Gasteiger partial charge in [0.2, 0.25) is 0 Å². The second-order valence-corrected chi connectivity index (χ2v) is 4.86. The van der Waals surface area contributed by atoms with E-state index in [1.165, 1.54) is 12.8 Å². The number of hydrogen-bond donors (Lipinski definition) is 0. The lowest BCUT2D eigenvalue weighted by atomic mass is 10.3. The molecule has 0 radical (unpaired) electrons. The Kier molecular flexibility index (Phi) is 2.28. The molecule has 0 spiro atoms. The summed E-state index contributed by atoms with van der Waals surface area (Å²) in [6, 6.07) is 3.90. The Morgan fingerprint density at radius 1 is 1.38 bits per heavy atom. The van der Waals surface area contributed by atoms with Crippen LogP contribution in [0.1, 0.15) is 24.6 Å². The quantitative estimate of drug-likeness (QED) is 0.793. The second kappa shape index (κ2) is 3.66. The summed E-state index contributed by atoms with van der Waals surface area (Å²) in [7, 11) is 1.92. The highest BCUT2D eigenvalue weighted by Crippen LogP contribution is 2.39. The molecule has 3 rings (SSSR count). The van der Waals surface area contributed by atoms with Crippen molar-refractivity contribution in [2.45, 2.75) is 18.8 Å². The van der Waals surface area contributed by atoms with Crippen molar-refractivity contribution in [3.05, 3.63) is 28.8 Å². The second-order valence-electron chi connectivity index (χ2n) is 4.05. The average molecular weight is 279 g/mol. The van der Waals surface area contributed by atoms with Crippen LogP contribution < -0.4 is 0 Å². The van der Waals surface area contributed by atoms with Crippen LogP contribution in [-0.2, 0) is 7.05 Å². The van der Waals surface area contributed by atoms with Crippen molar-refractivity contribution in [2.75, 3.05) is 0 Å². The number of hydrogen-bond acceptors (Lipinski definition) is 3. The molecular formula is C11H11BrN4. The molecule has 0 N–H and O–H groups in total. The molecule has 16 heavy (non-hydrogen) atoms. The Hall–Kier alpha value is -1.23. The first-order valence-electron chi connectivity index (χ1n) is 5.27. The Labute approximate surface area is 102 Å². The van der Waals surface area contributed by atoms with Crippen molar-refractivity contribution < 1.29 is 0 Å². The predicted molar refractivity (Wildman–Crippen MR) is 63.9 cm³/mol. The van der Waals surface area contributed by atoms with Crippen LogP contribution in [0, 0.1) is 0 Å². The van der Waals surface area contributed by atoms with Crippen LogP contribution in [0.25, 0.3) is 11.4 Å². The van der Waals surface area contributed by atoms with Gasteiger partial charge in [0, 0.05) is 19.2 Å². The summed E-state index contributed by atoms with van der Waals surface area (Å²) in [5.41, 5.74) is 1.95. The molecule has 4 nitrogen and oxygen atoms in total. The fourth-order valence-corrected chi connectivity index (χ4v) is 2.11. The minimum Gasteiger partial charge on any atom is -0.266 e. The first-order valence-corrected chi connectivity index (χ1v) is 6.06. The number of aryl methyl sites for hydroxylation is 1. The summed E-state index contributed by atoms with van der Waals surface area (Å²) in [6.45, 7) is 0. The summed E-state index contributed by atoms with van der Waals surface area (Å²) in [6.07, 6.45) is 4.20. The van der Waals surface area contributed by atoms with Crippen LogP contribution in [0.5, 0.6) is 0 Å². The predicted octanol–water partition coefficient (Wildman–Crippen LogP) is 2.52. The van der Waals surface area contributed by atoms with Crippen molar-refractivity contribution in [2.24, 2.45) is 7.05 Å². The Bertz CT molecular complexity index is 531. The van der Waals surface area contributed by atoms with Crippen molar-refractivity contribution in [1.29, 1.82) is 0 Å². The number of halogens is 1. The molecule has 0 aromatic carbocycles. The third-order valence-corrected chi connectivity index (χ3v) is 3.14.